The van der Waals surface area contributed by atoms with Gasteiger partial charge in [0.2, 0.25) is 5.13 Å². The smallest absolute Gasteiger partial charge is 0.282 e. The highest BCUT2D eigenvalue weighted by Crippen LogP contribution is 2.27. The number of benzene rings is 1. The van der Waals surface area contributed by atoms with E-state index >= 15 is 0 Å². The van der Waals surface area contributed by atoms with Gasteiger partial charge in [0.25, 0.3) is 11.6 Å². The molecule has 1 amide bonds. The molecule has 1 aromatic carbocycles. The number of nitro groups is 1. The Balaban J connectivity index is 2.29. The zero-order valence-corrected chi connectivity index (χ0v) is 13.8. The lowest BCUT2D eigenvalue weighted by Crippen LogP contribution is -2.14. The molecule has 0 aliphatic carbocycles. The van der Waals surface area contributed by atoms with Crippen molar-refractivity contribution >= 4 is 39.8 Å². The van der Waals surface area contributed by atoms with Crippen molar-refractivity contribution in [2.75, 3.05) is 11.6 Å². The van der Waals surface area contributed by atoms with Gasteiger partial charge in [-0.3, -0.25) is 20.2 Å². The lowest BCUT2D eigenvalue weighted by atomic mass is 10.1. The van der Waals surface area contributed by atoms with Crippen LogP contribution >= 0.6 is 23.1 Å². The van der Waals surface area contributed by atoms with Crippen molar-refractivity contribution in [3.05, 3.63) is 38.9 Å². The van der Waals surface area contributed by atoms with Crippen LogP contribution in [0.25, 0.3) is 0 Å². The summed E-state index contributed by atoms with van der Waals surface area (Å²) in [5.41, 5.74) is -0.220. The first-order valence-electron chi connectivity index (χ1n) is 6.39. The molecule has 116 valence electrons. The highest BCUT2D eigenvalue weighted by atomic mass is 32.2. The SMILES string of the molecule is CSc1ccc([N+](=O)[O-])c(C(=O)Nc2nnc(C(C)C)s2)c1. The molecule has 0 unspecified atom stereocenters. The van der Waals surface area contributed by atoms with E-state index in [1.807, 2.05) is 20.1 Å². The van der Waals surface area contributed by atoms with E-state index in [9.17, 15) is 14.9 Å². The second-order valence-corrected chi connectivity index (χ2v) is 6.58. The van der Waals surface area contributed by atoms with E-state index in [1.54, 1.807) is 6.07 Å². The molecule has 0 saturated heterocycles. The molecule has 2 aromatic rings. The fraction of sp³-hybridized carbons (Fsp3) is 0.308. The molecule has 0 aliphatic rings. The van der Waals surface area contributed by atoms with Crippen LogP contribution in [0, 0.1) is 10.1 Å². The number of rotatable bonds is 5. The Labute approximate surface area is 135 Å². The molecule has 0 aliphatic heterocycles. The Kier molecular flexibility index (Phi) is 5.09. The molecule has 0 spiro atoms. The third-order valence-corrected chi connectivity index (χ3v) is 4.66. The lowest BCUT2D eigenvalue weighted by molar-refractivity contribution is -0.385. The van der Waals surface area contributed by atoms with E-state index in [0.717, 1.165) is 9.90 Å². The maximum absolute atomic E-state index is 12.3. The standard InChI is InChI=1S/C13H14N4O3S2/c1-7(2)12-15-16-13(22-12)14-11(18)9-6-8(21-3)4-5-10(9)17(19)20/h4-7H,1-3H3,(H,14,16,18). The molecular weight excluding hydrogens is 324 g/mol. The van der Waals surface area contributed by atoms with Crippen LogP contribution in [0.3, 0.4) is 0 Å². The first-order chi connectivity index (χ1) is 10.4. The zero-order valence-electron chi connectivity index (χ0n) is 12.2. The molecule has 0 bridgehead atoms. The van der Waals surface area contributed by atoms with Crippen LogP contribution in [-0.4, -0.2) is 27.3 Å². The quantitative estimate of drug-likeness (QED) is 0.508. The van der Waals surface area contributed by atoms with Gasteiger partial charge in [0.15, 0.2) is 0 Å². The van der Waals surface area contributed by atoms with E-state index in [4.69, 9.17) is 0 Å². The molecule has 9 heteroatoms. The molecule has 1 heterocycles. The fourth-order valence-electron chi connectivity index (χ4n) is 1.67. The second-order valence-electron chi connectivity index (χ2n) is 4.69. The first kappa shape index (κ1) is 16.4. The number of nitro benzene ring substituents is 1. The summed E-state index contributed by atoms with van der Waals surface area (Å²) in [6, 6.07) is 4.45. The number of nitrogens with zero attached hydrogens (tertiary/aromatic N) is 3. The van der Waals surface area contributed by atoms with Crippen molar-refractivity contribution in [3.8, 4) is 0 Å². The molecular formula is C13H14N4O3S2. The van der Waals surface area contributed by atoms with Crippen LogP contribution in [0.4, 0.5) is 10.8 Å². The van der Waals surface area contributed by atoms with E-state index in [2.05, 4.69) is 15.5 Å². The van der Waals surface area contributed by atoms with Gasteiger partial charge in [-0.25, -0.2) is 0 Å². The van der Waals surface area contributed by atoms with Crippen LogP contribution in [0.1, 0.15) is 35.1 Å². The first-order valence-corrected chi connectivity index (χ1v) is 8.43. The van der Waals surface area contributed by atoms with Gasteiger partial charge in [0.05, 0.1) is 4.92 Å². The number of aromatic nitrogens is 2. The van der Waals surface area contributed by atoms with Gasteiger partial charge in [-0.05, 0) is 18.4 Å². The van der Waals surface area contributed by atoms with E-state index in [-0.39, 0.29) is 17.2 Å². The molecule has 0 saturated carbocycles. The highest BCUT2D eigenvalue weighted by Gasteiger charge is 2.22. The Morgan fingerprint density at radius 1 is 1.41 bits per heavy atom. The molecule has 22 heavy (non-hydrogen) atoms. The van der Waals surface area contributed by atoms with E-state index in [0.29, 0.717) is 5.13 Å². The van der Waals surface area contributed by atoms with Crippen molar-refractivity contribution < 1.29 is 9.72 Å². The Hall–Kier alpha value is -2.00. The predicted octanol–water partition coefficient (Wildman–Crippen LogP) is 3.54. The van der Waals surface area contributed by atoms with Crippen LogP contribution in [-0.2, 0) is 0 Å². The monoisotopic (exact) mass is 338 g/mol. The summed E-state index contributed by atoms with van der Waals surface area (Å²) in [6.45, 7) is 3.94. The summed E-state index contributed by atoms with van der Waals surface area (Å²) < 4.78 is 0. The number of hydrogen-bond acceptors (Lipinski definition) is 7. The summed E-state index contributed by atoms with van der Waals surface area (Å²) in [7, 11) is 0. The predicted molar refractivity (Wildman–Crippen MR) is 86.8 cm³/mol. The minimum atomic E-state index is -0.571. The fourth-order valence-corrected chi connectivity index (χ4v) is 2.85. The summed E-state index contributed by atoms with van der Waals surface area (Å²) in [4.78, 5) is 23.6. The highest BCUT2D eigenvalue weighted by molar-refractivity contribution is 7.98. The van der Waals surface area contributed by atoms with Crippen molar-refractivity contribution in [1.29, 1.82) is 0 Å². The number of hydrogen-bond donors (Lipinski definition) is 1. The summed E-state index contributed by atoms with van der Waals surface area (Å²) in [6.07, 6.45) is 1.84. The van der Waals surface area contributed by atoms with Gasteiger partial charge < -0.3 is 0 Å². The third kappa shape index (κ3) is 3.60. The average Bonchev–Trinajstić information content (AvgIpc) is 2.95. The number of nitrogens with one attached hydrogen (secondary N) is 1. The van der Waals surface area contributed by atoms with E-state index in [1.165, 1.54) is 35.2 Å². The summed E-state index contributed by atoms with van der Waals surface area (Å²) in [5.74, 6) is -0.355. The maximum Gasteiger partial charge on any atom is 0.282 e. The molecule has 2 rings (SSSR count). The number of carbonyl (C=O) groups is 1. The van der Waals surface area contributed by atoms with Crippen molar-refractivity contribution in [2.45, 2.75) is 24.7 Å². The van der Waals surface area contributed by atoms with Crippen LogP contribution in [0.15, 0.2) is 23.1 Å². The summed E-state index contributed by atoms with van der Waals surface area (Å²) in [5, 5.41) is 22.6. The van der Waals surface area contributed by atoms with Crippen LogP contribution in [0.5, 0.6) is 0 Å². The summed E-state index contributed by atoms with van der Waals surface area (Å²) >= 11 is 2.67. The number of thioether (sulfide) groups is 1. The van der Waals surface area contributed by atoms with Crippen LogP contribution < -0.4 is 5.32 Å². The van der Waals surface area contributed by atoms with Crippen molar-refractivity contribution in [3.63, 3.8) is 0 Å². The molecule has 7 nitrogen and oxygen atoms in total. The van der Waals surface area contributed by atoms with Gasteiger partial charge in [-0.15, -0.1) is 22.0 Å². The van der Waals surface area contributed by atoms with E-state index < -0.39 is 10.8 Å². The third-order valence-electron chi connectivity index (χ3n) is 2.80. The zero-order chi connectivity index (χ0) is 16.3. The van der Waals surface area contributed by atoms with Gasteiger partial charge in [-0.2, -0.15) is 0 Å². The molecule has 1 N–H and O–H groups in total. The van der Waals surface area contributed by atoms with Gasteiger partial charge >= 0.3 is 0 Å². The Morgan fingerprint density at radius 2 is 2.14 bits per heavy atom. The Bertz CT molecular complexity index is 715. The Morgan fingerprint density at radius 3 is 2.68 bits per heavy atom. The van der Waals surface area contributed by atoms with Gasteiger partial charge in [0.1, 0.15) is 10.6 Å². The van der Waals surface area contributed by atoms with Crippen LogP contribution in [0.2, 0.25) is 0 Å². The largest absolute Gasteiger partial charge is 0.296 e. The molecule has 0 fully saturated rings. The number of amides is 1. The average molecular weight is 338 g/mol. The molecule has 0 radical (unpaired) electrons. The normalized spacial score (nSPS) is 10.7. The minimum absolute atomic E-state index is 0.0122. The topological polar surface area (TPSA) is 98.0 Å². The maximum atomic E-state index is 12.3. The lowest BCUT2D eigenvalue weighted by Gasteiger charge is -2.04. The van der Waals surface area contributed by atoms with Crippen molar-refractivity contribution in [1.82, 2.24) is 10.2 Å². The van der Waals surface area contributed by atoms with Crippen molar-refractivity contribution in [2.24, 2.45) is 0 Å². The number of carbonyl (C=O) groups excluding carboxylic acids is 1. The minimum Gasteiger partial charge on any atom is -0.296 e. The second kappa shape index (κ2) is 6.84. The molecule has 1 aromatic heterocycles. The van der Waals surface area contributed by atoms with Gasteiger partial charge in [0, 0.05) is 16.9 Å². The number of anilines is 1. The van der Waals surface area contributed by atoms with Gasteiger partial charge in [-0.1, -0.05) is 25.2 Å². The molecule has 0 atom stereocenters.